The molecule has 1 heterocycles. The monoisotopic (exact) mass is 417 g/mol. The average Bonchev–Trinajstić information content (AvgIpc) is 2.89. The van der Waals surface area contributed by atoms with Crippen LogP contribution < -0.4 is 5.32 Å². The van der Waals surface area contributed by atoms with E-state index in [0.717, 1.165) is 12.1 Å². The second-order valence-corrected chi connectivity index (χ2v) is 8.85. The summed E-state index contributed by atoms with van der Waals surface area (Å²) in [5.41, 5.74) is 1.12. The highest BCUT2D eigenvalue weighted by Crippen LogP contribution is 2.30. The molecule has 1 aromatic heterocycles. The Morgan fingerprint density at radius 1 is 1.25 bits per heavy atom. The molecule has 1 N–H and O–H groups in total. The van der Waals surface area contributed by atoms with Crippen LogP contribution in [0.25, 0.3) is 5.69 Å². The molecule has 0 unspecified atom stereocenters. The largest absolute Gasteiger partial charge is 0.416 e. The van der Waals surface area contributed by atoms with E-state index in [9.17, 15) is 26.4 Å². The number of alkyl halides is 3. The zero-order valence-electron chi connectivity index (χ0n) is 15.8. The molecule has 0 saturated carbocycles. The lowest BCUT2D eigenvalue weighted by molar-refractivity contribution is -0.137. The summed E-state index contributed by atoms with van der Waals surface area (Å²) in [5, 5.41) is 6.81. The van der Waals surface area contributed by atoms with Crippen molar-refractivity contribution in [1.82, 2.24) is 15.1 Å². The number of hydrogen-bond acceptors (Lipinski definition) is 4. The van der Waals surface area contributed by atoms with E-state index in [4.69, 9.17) is 0 Å². The van der Waals surface area contributed by atoms with Crippen molar-refractivity contribution in [3.05, 3.63) is 46.8 Å². The van der Waals surface area contributed by atoms with E-state index < -0.39 is 21.6 Å². The van der Waals surface area contributed by atoms with Gasteiger partial charge in [0.1, 0.15) is 0 Å². The van der Waals surface area contributed by atoms with Crippen molar-refractivity contribution in [1.29, 1.82) is 0 Å². The topological polar surface area (TPSA) is 81.1 Å². The van der Waals surface area contributed by atoms with Crippen molar-refractivity contribution in [2.45, 2.75) is 33.4 Å². The summed E-state index contributed by atoms with van der Waals surface area (Å²) in [6.45, 7) is 4.88. The van der Waals surface area contributed by atoms with Gasteiger partial charge in [-0.2, -0.15) is 18.3 Å². The maximum Gasteiger partial charge on any atom is 0.416 e. The normalized spacial score (nSPS) is 12.2. The predicted molar refractivity (Wildman–Crippen MR) is 99.1 cm³/mol. The third-order valence-corrected chi connectivity index (χ3v) is 6.08. The van der Waals surface area contributed by atoms with Crippen LogP contribution >= 0.6 is 0 Å². The van der Waals surface area contributed by atoms with Crippen LogP contribution in [0.1, 0.15) is 29.4 Å². The van der Waals surface area contributed by atoms with E-state index >= 15 is 0 Å². The van der Waals surface area contributed by atoms with E-state index in [0.29, 0.717) is 17.0 Å². The standard InChI is InChI=1S/C18H22F3N3O3S/c1-4-28(26,27)9-8-22-17(25)11-16-12(2)23-24(13(16)3)15-7-5-6-14(10-15)18(19,20)21/h5-7,10H,4,8-9,11H2,1-3H3,(H,22,25). The van der Waals surface area contributed by atoms with Gasteiger partial charge in [0.2, 0.25) is 5.91 Å². The van der Waals surface area contributed by atoms with Gasteiger partial charge in [-0.3, -0.25) is 4.79 Å². The summed E-state index contributed by atoms with van der Waals surface area (Å²) < 4.78 is 63.1. The van der Waals surface area contributed by atoms with Crippen LogP contribution in [-0.4, -0.2) is 42.2 Å². The van der Waals surface area contributed by atoms with Gasteiger partial charge in [-0.15, -0.1) is 0 Å². The van der Waals surface area contributed by atoms with E-state index in [-0.39, 0.29) is 36.1 Å². The van der Waals surface area contributed by atoms with E-state index in [2.05, 4.69) is 10.4 Å². The molecule has 0 aliphatic rings. The zero-order chi connectivity index (χ0) is 21.1. The molecule has 1 aromatic carbocycles. The summed E-state index contributed by atoms with van der Waals surface area (Å²) in [6, 6.07) is 4.79. The smallest absolute Gasteiger partial charge is 0.355 e. The van der Waals surface area contributed by atoms with Gasteiger partial charge in [0.05, 0.1) is 29.1 Å². The van der Waals surface area contributed by atoms with Crippen LogP contribution in [0.3, 0.4) is 0 Å². The number of carbonyl (C=O) groups excluding carboxylic acids is 1. The summed E-state index contributed by atoms with van der Waals surface area (Å²) in [6.07, 6.45) is -4.50. The Kier molecular flexibility index (Phi) is 6.53. The fourth-order valence-corrected chi connectivity index (χ4v) is 3.41. The summed E-state index contributed by atoms with van der Waals surface area (Å²) >= 11 is 0. The van der Waals surface area contributed by atoms with Crippen LogP contribution in [-0.2, 0) is 27.2 Å². The van der Waals surface area contributed by atoms with E-state index in [1.54, 1.807) is 13.8 Å². The summed E-state index contributed by atoms with van der Waals surface area (Å²) in [7, 11) is -3.18. The summed E-state index contributed by atoms with van der Waals surface area (Å²) in [4.78, 5) is 12.1. The first-order valence-electron chi connectivity index (χ1n) is 8.64. The molecule has 0 bridgehead atoms. The van der Waals surface area contributed by atoms with Crippen molar-refractivity contribution < 1.29 is 26.4 Å². The number of carbonyl (C=O) groups is 1. The average molecular weight is 417 g/mol. The van der Waals surface area contributed by atoms with Crippen LogP contribution in [0.4, 0.5) is 13.2 Å². The second-order valence-electron chi connectivity index (χ2n) is 6.37. The molecule has 2 rings (SSSR count). The van der Waals surface area contributed by atoms with Gasteiger partial charge in [-0.1, -0.05) is 13.0 Å². The molecule has 154 valence electrons. The first kappa shape index (κ1) is 21.9. The fourth-order valence-electron chi connectivity index (χ4n) is 2.71. The Labute approximate surface area is 161 Å². The molecule has 0 radical (unpaired) electrons. The van der Waals surface area contributed by atoms with Gasteiger partial charge in [0, 0.05) is 23.6 Å². The number of benzene rings is 1. The first-order chi connectivity index (χ1) is 12.9. The molecule has 0 aliphatic carbocycles. The number of hydrogen-bond donors (Lipinski definition) is 1. The van der Waals surface area contributed by atoms with Crippen LogP contribution in [0, 0.1) is 13.8 Å². The van der Waals surface area contributed by atoms with Crippen LogP contribution in [0.15, 0.2) is 24.3 Å². The number of amides is 1. The van der Waals surface area contributed by atoms with E-state index in [1.807, 2.05) is 0 Å². The number of aryl methyl sites for hydroxylation is 1. The maximum absolute atomic E-state index is 12.9. The molecule has 6 nitrogen and oxygen atoms in total. The Balaban J connectivity index is 2.17. The number of aromatic nitrogens is 2. The molecule has 0 saturated heterocycles. The molecular weight excluding hydrogens is 395 g/mol. The van der Waals surface area contributed by atoms with Gasteiger partial charge < -0.3 is 5.32 Å². The minimum absolute atomic E-state index is 0.00481. The molecule has 0 fully saturated rings. The van der Waals surface area contributed by atoms with Gasteiger partial charge in [-0.05, 0) is 32.0 Å². The number of nitrogens with one attached hydrogen (secondary N) is 1. The third kappa shape index (κ3) is 5.34. The molecule has 0 aliphatic heterocycles. The number of rotatable bonds is 7. The van der Waals surface area contributed by atoms with Gasteiger partial charge in [0.25, 0.3) is 0 Å². The fraction of sp³-hybridized carbons (Fsp3) is 0.444. The molecule has 10 heteroatoms. The van der Waals surface area contributed by atoms with Gasteiger partial charge in [0.15, 0.2) is 9.84 Å². The lowest BCUT2D eigenvalue weighted by Gasteiger charge is -2.10. The maximum atomic E-state index is 12.9. The lowest BCUT2D eigenvalue weighted by Crippen LogP contribution is -2.31. The SMILES string of the molecule is CCS(=O)(=O)CCNC(=O)Cc1c(C)nn(-c2cccc(C(F)(F)F)c2)c1C. The van der Waals surface area contributed by atoms with E-state index in [1.165, 1.54) is 23.7 Å². The highest BCUT2D eigenvalue weighted by Gasteiger charge is 2.30. The number of sulfone groups is 1. The zero-order valence-corrected chi connectivity index (χ0v) is 16.6. The van der Waals surface area contributed by atoms with Crippen molar-refractivity contribution in [2.24, 2.45) is 0 Å². The molecule has 0 atom stereocenters. The highest BCUT2D eigenvalue weighted by molar-refractivity contribution is 7.91. The molecule has 1 amide bonds. The highest BCUT2D eigenvalue weighted by atomic mass is 32.2. The Hall–Kier alpha value is -2.36. The quantitative estimate of drug-likeness (QED) is 0.751. The first-order valence-corrected chi connectivity index (χ1v) is 10.5. The van der Waals surface area contributed by atoms with Crippen LogP contribution in [0.5, 0.6) is 0 Å². The minimum atomic E-state index is -4.46. The van der Waals surface area contributed by atoms with Crippen molar-refractivity contribution >= 4 is 15.7 Å². The second kappa shape index (κ2) is 8.34. The van der Waals surface area contributed by atoms with Gasteiger partial charge >= 0.3 is 6.18 Å². The minimum Gasteiger partial charge on any atom is -0.355 e. The molecule has 0 spiro atoms. The van der Waals surface area contributed by atoms with Crippen molar-refractivity contribution in [3.8, 4) is 5.69 Å². The Bertz CT molecular complexity index is 966. The van der Waals surface area contributed by atoms with Crippen molar-refractivity contribution in [3.63, 3.8) is 0 Å². The predicted octanol–water partition coefficient (Wildman–Crippen LogP) is 2.60. The summed E-state index contributed by atoms with van der Waals surface area (Å²) in [5.74, 6) is -0.511. The van der Waals surface area contributed by atoms with Crippen molar-refractivity contribution in [2.75, 3.05) is 18.1 Å². The van der Waals surface area contributed by atoms with Crippen LogP contribution in [0.2, 0.25) is 0 Å². The Morgan fingerprint density at radius 3 is 2.54 bits per heavy atom. The molecule has 2 aromatic rings. The molecular formula is C18H22F3N3O3S. The lowest BCUT2D eigenvalue weighted by atomic mass is 10.1. The molecule has 28 heavy (non-hydrogen) atoms. The van der Waals surface area contributed by atoms with Gasteiger partial charge in [-0.25, -0.2) is 13.1 Å². The third-order valence-electron chi connectivity index (χ3n) is 4.37. The number of nitrogens with zero attached hydrogens (tertiary/aromatic N) is 2. The Morgan fingerprint density at radius 2 is 1.93 bits per heavy atom. The number of halogens is 3.